The first-order chi connectivity index (χ1) is 12.1. The summed E-state index contributed by atoms with van der Waals surface area (Å²) >= 11 is 0. The van der Waals surface area contributed by atoms with E-state index in [0.29, 0.717) is 17.0 Å². The van der Waals surface area contributed by atoms with Gasteiger partial charge in [-0.25, -0.2) is 9.78 Å². The van der Waals surface area contributed by atoms with Gasteiger partial charge in [-0.2, -0.15) is 0 Å². The molecule has 0 aliphatic rings. The van der Waals surface area contributed by atoms with Gasteiger partial charge in [-0.05, 0) is 31.5 Å². The molecule has 0 saturated heterocycles. The lowest BCUT2D eigenvalue weighted by molar-refractivity contribution is 0.0603. The van der Waals surface area contributed by atoms with Gasteiger partial charge >= 0.3 is 5.97 Å². The van der Waals surface area contributed by atoms with Crippen LogP contribution in [0.2, 0.25) is 0 Å². The number of fused-ring (bicyclic) bond motifs is 2. The fourth-order valence-corrected chi connectivity index (χ4v) is 3.21. The fraction of sp³-hybridized carbons (Fsp3) is 0.143. The Hall–Kier alpha value is -3.14. The van der Waals surface area contributed by atoms with Crippen molar-refractivity contribution in [2.24, 2.45) is 0 Å². The number of carbonyl (C=O) groups excluding carboxylic acids is 1. The number of nitrogens with zero attached hydrogens (tertiary/aromatic N) is 1. The van der Waals surface area contributed by atoms with E-state index < -0.39 is 0 Å². The monoisotopic (exact) mass is 331 g/mol. The van der Waals surface area contributed by atoms with Crippen LogP contribution in [0.4, 0.5) is 0 Å². The van der Waals surface area contributed by atoms with Crippen molar-refractivity contribution in [1.29, 1.82) is 0 Å². The Bertz CT molecular complexity index is 1120. The van der Waals surface area contributed by atoms with Gasteiger partial charge in [-0.1, -0.05) is 36.4 Å². The minimum atomic E-state index is -0.381. The molecule has 4 heteroatoms. The van der Waals surface area contributed by atoms with E-state index in [2.05, 4.69) is 0 Å². The van der Waals surface area contributed by atoms with Gasteiger partial charge in [0.1, 0.15) is 11.3 Å². The third-order valence-corrected chi connectivity index (χ3v) is 4.52. The Morgan fingerprint density at radius 3 is 2.56 bits per heavy atom. The molecule has 25 heavy (non-hydrogen) atoms. The lowest BCUT2D eigenvalue weighted by Crippen LogP contribution is -2.04. The number of aryl methyl sites for hydroxylation is 2. The molecule has 0 unspecified atom stereocenters. The second-order valence-corrected chi connectivity index (χ2v) is 6.07. The van der Waals surface area contributed by atoms with Gasteiger partial charge in [0.25, 0.3) is 0 Å². The average Bonchev–Trinajstić information content (AvgIpc) is 2.98. The summed E-state index contributed by atoms with van der Waals surface area (Å²) in [5.74, 6) is 0.296. The maximum atomic E-state index is 12.3. The van der Waals surface area contributed by atoms with Gasteiger partial charge in [0.2, 0.25) is 0 Å². The number of hydrogen-bond acceptors (Lipinski definition) is 4. The number of ether oxygens (including phenoxy) is 1. The van der Waals surface area contributed by atoms with E-state index in [0.717, 1.165) is 33.0 Å². The van der Waals surface area contributed by atoms with Crippen LogP contribution in [0, 0.1) is 13.8 Å². The summed E-state index contributed by atoms with van der Waals surface area (Å²) in [6, 6.07) is 15.4. The number of para-hydroxylation sites is 2. The third-order valence-electron chi connectivity index (χ3n) is 4.52. The molecular weight excluding hydrogens is 314 g/mol. The first-order valence-corrected chi connectivity index (χ1v) is 8.07. The van der Waals surface area contributed by atoms with Crippen LogP contribution in [-0.4, -0.2) is 18.1 Å². The summed E-state index contributed by atoms with van der Waals surface area (Å²) < 4.78 is 11.0. The SMILES string of the molecule is COC(=O)c1cc(-c2oc3ccccc3c2C)nc2c(C)cccc12. The number of hydrogen-bond donors (Lipinski definition) is 0. The first kappa shape index (κ1) is 15.4. The molecule has 2 aromatic carbocycles. The van der Waals surface area contributed by atoms with E-state index >= 15 is 0 Å². The van der Waals surface area contributed by atoms with Crippen LogP contribution >= 0.6 is 0 Å². The molecule has 0 N–H and O–H groups in total. The Morgan fingerprint density at radius 1 is 1.04 bits per heavy atom. The van der Waals surface area contributed by atoms with Gasteiger partial charge < -0.3 is 9.15 Å². The summed E-state index contributed by atoms with van der Waals surface area (Å²) in [6.07, 6.45) is 0. The summed E-state index contributed by atoms with van der Waals surface area (Å²) in [5, 5.41) is 1.83. The number of pyridine rings is 1. The summed E-state index contributed by atoms with van der Waals surface area (Å²) in [6.45, 7) is 3.98. The molecule has 2 heterocycles. The molecule has 0 bridgehead atoms. The second-order valence-electron chi connectivity index (χ2n) is 6.07. The molecular formula is C21H17NO3. The maximum absolute atomic E-state index is 12.3. The average molecular weight is 331 g/mol. The van der Waals surface area contributed by atoms with Crippen molar-refractivity contribution >= 4 is 27.8 Å². The highest BCUT2D eigenvalue weighted by Crippen LogP contribution is 2.34. The standard InChI is InChI=1S/C21H17NO3/c1-12-7-6-9-15-16(21(23)24-3)11-17(22-19(12)15)20-13(2)14-8-4-5-10-18(14)25-20/h4-11H,1-3H3. The second kappa shape index (κ2) is 5.74. The topological polar surface area (TPSA) is 52.3 Å². The van der Waals surface area contributed by atoms with Crippen molar-refractivity contribution in [3.05, 3.63) is 65.2 Å². The van der Waals surface area contributed by atoms with E-state index in [9.17, 15) is 4.79 Å². The quantitative estimate of drug-likeness (QED) is 0.482. The number of methoxy groups -OCH3 is 1. The Morgan fingerprint density at radius 2 is 1.80 bits per heavy atom. The van der Waals surface area contributed by atoms with Crippen LogP contribution in [0.25, 0.3) is 33.3 Å². The van der Waals surface area contributed by atoms with Crippen molar-refractivity contribution < 1.29 is 13.9 Å². The lowest BCUT2D eigenvalue weighted by Gasteiger charge is -2.09. The highest BCUT2D eigenvalue weighted by Gasteiger charge is 2.19. The van der Waals surface area contributed by atoms with Crippen molar-refractivity contribution in [1.82, 2.24) is 4.98 Å². The molecule has 0 radical (unpaired) electrons. The Balaban J connectivity index is 2.06. The molecule has 0 fully saturated rings. The predicted molar refractivity (Wildman–Crippen MR) is 97.8 cm³/mol. The van der Waals surface area contributed by atoms with Gasteiger partial charge in [0.15, 0.2) is 5.76 Å². The Kier molecular flexibility index (Phi) is 3.53. The largest absolute Gasteiger partial charge is 0.465 e. The zero-order valence-electron chi connectivity index (χ0n) is 14.3. The highest BCUT2D eigenvalue weighted by atomic mass is 16.5. The summed E-state index contributed by atoms with van der Waals surface area (Å²) in [7, 11) is 1.39. The van der Waals surface area contributed by atoms with Crippen LogP contribution in [0.1, 0.15) is 21.5 Å². The number of carbonyl (C=O) groups is 1. The van der Waals surface area contributed by atoms with Crippen LogP contribution in [-0.2, 0) is 4.74 Å². The molecule has 124 valence electrons. The van der Waals surface area contributed by atoms with Crippen molar-refractivity contribution in [2.75, 3.05) is 7.11 Å². The zero-order chi connectivity index (χ0) is 17.6. The molecule has 0 atom stereocenters. The zero-order valence-corrected chi connectivity index (χ0v) is 14.3. The molecule has 2 aromatic heterocycles. The molecule has 4 nitrogen and oxygen atoms in total. The van der Waals surface area contributed by atoms with Crippen LogP contribution in [0.3, 0.4) is 0 Å². The van der Waals surface area contributed by atoms with E-state index in [1.165, 1.54) is 7.11 Å². The number of aromatic nitrogens is 1. The van der Waals surface area contributed by atoms with E-state index in [1.54, 1.807) is 6.07 Å². The molecule has 4 aromatic rings. The van der Waals surface area contributed by atoms with Crippen molar-refractivity contribution in [3.63, 3.8) is 0 Å². The number of esters is 1. The predicted octanol–water partition coefficient (Wildman–Crippen LogP) is 5.05. The molecule has 0 aliphatic heterocycles. The van der Waals surface area contributed by atoms with Gasteiger partial charge in [0, 0.05) is 16.3 Å². The molecule has 0 amide bonds. The maximum Gasteiger partial charge on any atom is 0.338 e. The van der Waals surface area contributed by atoms with Crippen molar-refractivity contribution in [2.45, 2.75) is 13.8 Å². The minimum Gasteiger partial charge on any atom is -0.465 e. The minimum absolute atomic E-state index is 0.381. The Labute approximate surface area is 145 Å². The molecule has 0 saturated carbocycles. The number of rotatable bonds is 2. The fourth-order valence-electron chi connectivity index (χ4n) is 3.21. The smallest absolute Gasteiger partial charge is 0.338 e. The van der Waals surface area contributed by atoms with Gasteiger partial charge in [0.05, 0.1) is 18.2 Å². The summed E-state index contributed by atoms with van der Waals surface area (Å²) in [5.41, 5.74) is 4.72. The molecule has 4 rings (SSSR count). The van der Waals surface area contributed by atoms with E-state index in [4.69, 9.17) is 14.1 Å². The van der Waals surface area contributed by atoms with Gasteiger partial charge in [-0.15, -0.1) is 0 Å². The highest BCUT2D eigenvalue weighted by molar-refractivity contribution is 6.05. The third kappa shape index (κ3) is 2.38. The number of benzene rings is 2. The molecule has 0 spiro atoms. The van der Waals surface area contributed by atoms with Crippen LogP contribution in [0.15, 0.2) is 52.9 Å². The normalized spacial score (nSPS) is 11.2. The summed E-state index contributed by atoms with van der Waals surface area (Å²) in [4.78, 5) is 17.1. The van der Waals surface area contributed by atoms with E-state index in [1.807, 2.05) is 56.3 Å². The van der Waals surface area contributed by atoms with Crippen LogP contribution < -0.4 is 0 Å². The van der Waals surface area contributed by atoms with Crippen molar-refractivity contribution in [3.8, 4) is 11.5 Å². The van der Waals surface area contributed by atoms with E-state index in [-0.39, 0.29) is 5.97 Å². The molecule has 0 aliphatic carbocycles. The first-order valence-electron chi connectivity index (χ1n) is 8.07. The van der Waals surface area contributed by atoms with Crippen LogP contribution in [0.5, 0.6) is 0 Å². The van der Waals surface area contributed by atoms with Gasteiger partial charge in [-0.3, -0.25) is 0 Å². The number of furan rings is 1. The lowest BCUT2D eigenvalue weighted by atomic mass is 10.0.